The molecule has 52 valence electrons. The van der Waals surface area contributed by atoms with Crippen LogP contribution in [0.1, 0.15) is 19.3 Å². The Hall–Kier alpha value is 0.700. The van der Waals surface area contributed by atoms with Crippen LogP contribution in [0.5, 0.6) is 0 Å². The molecule has 0 saturated heterocycles. The molecule has 0 heterocycles. The second-order valence-corrected chi connectivity index (χ2v) is 4.69. The molecule has 0 N–H and O–H groups in total. The molecule has 0 aromatic rings. The van der Waals surface area contributed by atoms with Crippen molar-refractivity contribution in [2.75, 3.05) is 0 Å². The van der Waals surface area contributed by atoms with Gasteiger partial charge in [-0.2, -0.15) is 25.3 Å². The van der Waals surface area contributed by atoms with Crippen LogP contribution in [0.15, 0.2) is 0 Å². The van der Waals surface area contributed by atoms with Gasteiger partial charge in [-0.05, 0) is 31.1 Å². The molecule has 2 fully saturated rings. The fraction of sp³-hybridized carbons (Fsp3) is 1.00. The zero-order valence-corrected chi connectivity index (χ0v) is 7.11. The van der Waals surface area contributed by atoms with Crippen molar-refractivity contribution in [1.82, 2.24) is 0 Å². The maximum atomic E-state index is 4.50. The minimum atomic E-state index is 0.707. The largest absolute Gasteiger partial charge is 0.176 e. The molecular weight excluding hydrogens is 148 g/mol. The van der Waals surface area contributed by atoms with Crippen LogP contribution in [0.25, 0.3) is 0 Å². The first kappa shape index (κ1) is 6.41. The van der Waals surface area contributed by atoms with Crippen LogP contribution < -0.4 is 0 Å². The van der Waals surface area contributed by atoms with E-state index in [0.717, 1.165) is 11.8 Å². The summed E-state index contributed by atoms with van der Waals surface area (Å²) in [6.07, 6.45) is 4.05. The van der Waals surface area contributed by atoms with Crippen LogP contribution in [-0.2, 0) is 0 Å². The topological polar surface area (TPSA) is 0 Å². The first-order valence-corrected chi connectivity index (χ1v) is 4.67. The number of thiol groups is 2. The van der Waals surface area contributed by atoms with Crippen LogP contribution in [0.4, 0.5) is 0 Å². The van der Waals surface area contributed by atoms with Gasteiger partial charge in [0.1, 0.15) is 0 Å². The lowest BCUT2D eigenvalue weighted by Crippen LogP contribution is -2.17. The van der Waals surface area contributed by atoms with Crippen molar-refractivity contribution in [3.63, 3.8) is 0 Å². The molecule has 0 aromatic heterocycles. The molecule has 4 atom stereocenters. The van der Waals surface area contributed by atoms with E-state index in [9.17, 15) is 0 Å². The van der Waals surface area contributed by atoms with Crippen molar-refractivity contribution in [3.05, 3.63) is 0 Å². The third kappa shape index (κ3) is 0.911. The van der Waals surface area contributed by atoms with Crippen molar-refractivity contribution >= 4 is 25.3 Å². The molecule has 9 heavy (non-hydrogen) atoms. The fourth-order valence-electron chi connectivity index (χ4n) is 2.21. The third-order valence-corrected chi connectivity index (χ3v) is 4.05. The molecule has 2 saturated carbocycles. The van der Waals surface area contributed by atoms with E-state index in [1.807, 2.05) is 0 Å². The highest BCUT2D eigenvalue weighted by Gasteiger charge is 2.42. The van der Waals surface area contributed by atoms with E-state index >= 15 is 0 Å². The van der Waals surface area contributed by atoms with Crippen LogP contribution in [0.3, 0.4) is 0 Å². The second-order valence-electron chi connectivity index (χ2n) is 3.36. The molecule has 0 radical (unpaired) electrons. The van der Waals surface area contributed by atoms with Crippen molar-refractivity contribution in [3.8, 4) is 0 Å². The Balaban J connectivity index is 2.10. The first-order chi connectivity index (χ1) is 4.27. The molecule has 0 unspecified atom stereocenters. The van der Waals surface area contributed by atoms with Crippen molar-refractivity contribution in [2.24, 2.45) is 11.8 Å². The fourth-order valence-corrected chi connectivity index (χ4v) is 3.24. The second kappa shape index (κ2) is 2.09. The molecule has 2 aliphatic carbocycles. The van der Waals surface area contributed by atoms with Gasteiger partial charge in [-0.25, -0.2) is 0 Å². The molecule has 0 aromatic carbocycles. The molecule has 2 heteroatoms. The Morgan fingerprint density at radius 1 is 0.778 bits per heavy atom. The first-order valence-electron chi connectivity index (χ1n) is 3.63. The van der Waals surface area contributed by atoms with Gasteiger partial charge in [-0.3, -0.25) is 0 Å². The van der Waals surface area contributed by atoms with E-state index in [0.29, 0.717) is 10.5 Å². The molecule has 0 spiro atoms. The minimum Gasteiger partial charge on any atom is -0.176 e. The van der Waals surface area contributed by atoms with E-state index in [1.165, 1.54) is 19.3 Å². The van der Waals surface area contributed by atoms with Crippen LogP contribution in [-0.4, -0.2) is 10.5 Å². The van der Waals surface area contributed by atoms with E-state index in [-0.39, 0.29) is 0 Å². The van der Waals surface area contributed by atoms with Crippen LogP contribution in [0, 0.1) is 11.8 Å². The SMILES string of the molecule is S[C@H]1C[C@H]2C[C@@H]1C[C@@H]2S. The quantitative estimate of drug-likeness (QED) is 0.498. The Labute approximate surface area is 67.2 Å². The summed E-state index contributed by atoms with van der Waals surface area (Å²) >= 11 is 9.01. The number of fused-ring (bicyclic) bond motifs is 2. The van der Waals surface area contributed by atoms with Gasteiger partial charge in [0.15, 0.2) is 0 Å². The highest BCUT2D eigenvalue weighted by Crippen LogP contribution is 2.48. The predicted octanol–water partition coefficient (Wildman–Crippen LogP) is 2.01. The third-order valence-electron chi connectivity index (χ3n) is 2.78. The maximum Gasteiger partial charge on any atom is 0.00486 e. The van der Waals surface area contributed by atoms with Crippen LogP contribution >= 0.6 is 25.3 Å². The minimum absolute atomic E-state index is 0.707. The molecule has 0 aliphatic heterocycles. The van der Waals surface area contributed by atoms with Crippen LogP contribution in [0.2, 0.25) is 0 Å². The maximum absolute atomic E-state index is 4.50. The van der Waals surface area contributed by atoms with E-state index in [4.69, 9.17) is 0 Å². The zero-order chi connectivity index (χ0) is 6.43. The summed E-state index contributed by atoms with van der Waals surface area (Å²) in [4.78, 5) is 0. The lowest BCUT2D eigenvalue weighted by molar-refractivity contribution is 0.508. The number of rotatable bonds is 0. The van der Waals surface area contributed by atoms with Gasteiger partial charge in [0.25, 0.3) is 0 Å². The van der Waals surface area contributed by atoms with Crippen molar-refractivity contribution in [1.29, 1.82) is 0 Å². The van der Waals surface area contributed by atoms with E-state index in [1.54, 1.807) is 0 Å². The summed E-state index contributed by atoms with van der Waals surface area (Å²) in [6.45, 7) is 0. The Morgan fingerprint density at radius 2 is 1.22 bits per heavy atom. The van der Waals surface area contributed by atoms with Crippen molar-refractivity contribution in [2.45, 2.75) is 29.8 Å². The summed E-state index contributed by atoms with van der Waals surface area (Å²) in [5, 5.41) is 1.41. The number of hydrogen-bond donors (Lipinski definition) is 2. The zero-order valence-electron chi connectivity index (χ0n) is 5.33. The van der Waals surface area contributed by atoms with E-state index < -0.39 is 0 Å². The molecule has 0 nitrogen and oxygen atoms in total. The Bertz CT molecular complexity index is 106. The highest BCUT2D eigenvalue weighted by molar-refractivity contribution is 7.81. The predicted molar refractivity (Wildman–Crippen MR) is 46.4 cm³/mol. The molecule has 0 amide bonds. The molecule has 2 aliphatic rings. The summed E-state index contributed by atoms with van der Waals surface area (Å²) in [7, 11) is 0. The summed E-state index contributed by atoms with van der Waals surface area (Å²) in [6, 6.07) is 0. The van der Waals surface area contributed by atoms with Gasteiger partial charge >= 0.3 is 0 Å². The summed E-state index contributed by atoms with van der Waals surface area (Å²) in [5.41, 5.74) is 0. The molecular formula is C7H12S2. The molecule has 2 bridgehead atoms. The summed E-state index contributed by atoms with van der Waals surface area (Å²) in [5.74, 6) is 1.81. The van der Waals surface area contributed by atoms with Gasteiger partial charge in [-0.1, -0.05) is 0 Å². The van der Waals surface area contributed by atoms with E-state index in [2.05, 4.69) is 25.3 Å². The van der Waals surface area contributed by atoms with Gasteiger partial charge in [0.2, 0.25) is 0 Å². The normalized spacial score (nSPS) is 56.7. The monoisotopic (exact) mass is 160 g/mol. The average molecular weight is 160 g/mol. The Morgan fingerprint density at radius 3 is 1.44 bits per heavy atom. The lowest BCUT2D eigenvalue weighted by Gasteiger charge is -2.20. The summed E-state index contributed by atoms with van der Waals surface area (Å²) < 4.78 is 0. The molecule has 2 rings (SSSR count). The smallest absolute Gasteiger partial charge is 0.00486 e. The Kier molecular flexibility index (Phi) is 1.49. The van der Waals surface area contributed by atoms with Gasteiger partial charge in [-0.15, -0.1) is 0 Å². The van der Waals surface area contributed by atoms with Gasteiger partial charge in [0.05, 0.1) is 0 Å². The van der Waals surface area contributed by atoms with Gasteiger partial charge in [0, 0.05) is 10.5 Å². The lowest BCUT2D eigenvalue weighted by atomic mass is 10.00. The average Bonchev–Trinajstić information content (AvgIpc) is 2.24. The number of hydrogen-bond acceptors (Lipinski definition) is 2. The highest BCUT2D eigenvalue weighted by atomic mass is 32.1. The standard InChI is InChI=1S/C7H12S2/c8-6-2-4-1-5(6)3-7(4)9/h4-9H,1-3H2/t4-,5-,6+,7+/m1/s1. The van der Waals surface area contributed by atoms with Crippen molar-refractivity contribution < 1.29 is 0 Å². The van der Waals surface area contributed by atoms with Gasteiger partial charge < -0.3 is 0 Å².